The normalized spacial score (nSPS) is 11.4. The summed E-state index contributed by atoms with van der Waals surface area (Å²) in [5.74, 6) is -1.87. The minimum absolute atomic E-state index is 0.0218. The first-order chi connectivity index (χ1) is 15.7. The summed E-state index contributed by atoms with van der Waals surface area (Å²) in [5, 5.41) is 15.0. The van der Waals surface area contributed by atoms with E-state index in [-0.39, 0.29) is 23.2 Å². The number of ether oxygens (including phenoxy) is 1. The van der Waals surface area contributed by atoms with Gasteiger partial charge >= 0.3 is 0 Å². The van der Waals surface area contributed by atoms with Gasteiger partial charge in [0.1, 0.15) is 11.6 Å². The van der Waals surface area contributed by atoms with Crippen molar-refractivity contribution in [3.8, 4) is 17.1 Å². The Bertz CT molecular complexity index is 1330. The lowest BCUT2D eigenvalue weighted by molar-refractivity contribution is -0.123. The van der Waals surface area contributed by atoms with Gasteiger partial charge in [0, 0.05) is 31.0 Å². The van der Waals surface area contributed by atoms with Crippen LogP contribution in [0.3, 0.4) is 0 Å². The predicted octanol–water partition coefficient (Wildman–Crippen LogP) is 3.78. The number of aromatic amines is 1. The molecule has 2 aromatic carbocycles. The van der Waals surface area contributed by atoms with E-state index >= 15 is 0 Å². The van der Waals surface area contributed by atoms with Crippen LogP contribution in [0.5, 0.6) is 5.75 Å². The van der Waals surface area contributed by atoms with Gasteiger partial charge in [-0.15, -0.1) is 0 Å². The maximum absolute atomic E-state index is 14.8. The first kappa shape index (κ1) is 22.7. The van der Waals surface area contributed by atoms with Gasteiger partial charge in [0.25, 0.3) is 5.91 Å². The number of nitrogens with one attached hydrogen (secondary N) is 2. The van der Waals surface area contributed by atoms with E-state index in [0.717, 1.165) is 28.6 Å². The minimum atomic E-state index is -0.828. The van der Waals surface area contributed by atoms with E-state index in [4.69, 9.17) is 16.3 Å². The number of fused-ring (bicyclic) bond motifs is 1. The Kier molecular flexibility index (Phi) is 6.28. The number of hydrogen-bond acceptors (Lipinski definition) is 5. The summed E-state index contributed by atoms with van der Waals surface area (Å²) in [6, 6.07) is 5.45. The van der Waals surface area contributed by atoms with E-state index in [1.54, 1.807) is 27.1 Å². The van der Waals surface area contributed by atoms with Crippen LogP contribution >= 0.6 is 11.6 Å². The number of H-pyrrole nitrogens is 1. The lowest BCUT2D eigenvalue weighted by Gasteiger charge is -2.11. The first-order valence-corrected chi connectivity index (χ1v) is 10.5. The van der Waals surface area contributed by atoms with Gasteiger partial charge in [-0.2, -0.15) is 10.2 Å². The van der Waals surface area contributed by atoms with E-state index in [2.05, 4.69) is 25.6 Å². The van der Waals surface area contributed by atoms with Crippen molar-refractivity contribution in [3.05, 3.63) is 58.5 Å². The molecule has 4 aromatic rings. The van der Waals surface area contributed by atoms with Crippen molar-refractivity contribution in [2.45, 2.75) is 26.3 Å². The van der Waals surface area contributed by atoms with E-state index < -0.39 is 24.1 Å². The summed E-state index contributed by atoms with van der Waals surface area (Å²) >= 11 is 6.48. The van der Waals surface area contributed by atoms with Crippen molar-refractivity contribution in [1.29, 1.82) is 0 Å². The Hall–Kier alpha value is -3.53. The molecule has 0 atom stereocenters. The van der Waals surface area contributed by atoms with Gasteiger partial charge in [-0.25, -0.2) is 13.8 Å². The van der Waals surface area contributed by atoms with Gasteiger partial charge in [0.05, 0.1) is 22.3 Å². The van der Waals surface area contributed by atoms with Crippen LogP contribution in [-0.4, -0.2) is 43.5 Å². The second kappa shape index (κ2) is 9.14. The third-order valence-corrected chi connectivity index (χ3v) is 5.36. The number of benzene rings is 2. The van der Waals surface area contributed by atoms with Crippen molar-refractivity contribution < 1.29 is 18.3 Å². The molecule has 2 aromatic heterocycles. The maximum atomic E-state index is 14.8. The van der Waals surface area contributed by atoms with Gasteiger partial charge in [-0.3, -0.25) is 14.6 Å². The molecule has 0 radical (unpaired) electrons. The number of rotatable bonds is 7. The van der Waals surface area contributed by atoms with Crippen LogP contribution in [0.1, 0.15) is 25.2 Å². The topological polar surface area (TPSA) is 97.7 Å². The molecule has 172 valence electrons. The van der Waals surface area contributed by atoms with E-state index in [1.807, 2.05) is 12.1 Å². The Labute approximate surface area is 192 Å². The van der Waals surface area contributed by atoms with Crippen molar-refractivity contribution in [3.63, 3.8) is 0 Å². The number of carbonyl (C=O) groups is 1. The molecule has 0 saturated carbocycles. The Morgan fingerprint density at radius 1 is 1.27 bits per heavy atom. The van der Waals surface area contributed by atoms with Crippen LogP contribution in [0.4, 0.5) is 8.78 Å². The van der Waals surface area contributed by atoms with Crippen LogP contribution in [0.2, 0.25) is 5.02 Å². The molecule has 2 N–H and O–H groups in total. The molecule has 0 aliphatic heterocycles. The van der Waals surface area contributed by atoms with E-state index in [9.17, 15) is 13.6 Å². The maximum Gasteiger partial charge on any atom is 0.258 e. The molecule has 0 bridgehead atoms. The van der Waals surface area contributed by atoms with Gasteiger partial charge < -0.3 is 10.1 Å². The zero-order valence-corrected chi connectivity index (χ0v) is 18.9. The summed E-state index contributed by atoms with van der Waals surface area (Å²) in [6.07, 6.45) is 1.97. The average Bonchev–Trinajstić information content (AvgIpc) is 3.37. The molecule has 33 heavy (non-hydrogen) atoms. The van der Waals surface area contributed by atoms with Gasteiger partial charge in [0.2, 0.25) is 0 Å². The molecule has 0 spiro atoms. The largest absolute Gasteiger partial charge is 0.481 e. The third-order valence-electron chi connectivity index (χ3n) is 4.91. The molecule has 0 fully saturated rings. The molecule has 11 heteroatoms. The van der Waals surface area contributed by atoms with Gasteiger partial charge in [-0.05, 0) is 31.5 Å². The monoisotopic (exact) mass is 474 g/mol. The highest BCUT2D eigenvalue weighted by molar-refractivity contribution is 6.36. The molecular weight excluding hydrogens is 454 g/mol. The van der Waals surface area contributed by atoms with Crippen molar-refractivity contribution in [2.24, 2.45) is 7.05 Å². The number of amides is 1. The fourth-order valence-electron chi connectivity index (χ4n) is 3.34. The predicted molar refractivity (Wildman–Crippen MR) is 119 cm³/mol. The summed E-state index contributed by atoms with van der Waals surface area (Å²) in [4.78, 5) is 16.1. The van der Waals surface area contributed by atoms with Crippen LogP contribution in [0.25, 0.3) is 22.3 Å². The van der Waals surface area contributed by atoms with Gasteiger partial charge in [0.15, 0.2) is 24.0 Å². The standard InChI is InChI=1S/C22H21ClF2N6O2/c1-11(2)27-20(32)10-33-18-8-15(24)13(7-16(18)25)22-28-19(31(3)30-22)6-12-4-5-17-14(21(12)23)9-26-29-17/h4-5,7-9,11H,6,10H2,1-3H3,(H,26,29)(H,27,32). The fraction of sp³-hybridized carbons (Fsp3) is 0.273. The SMILES string of the molecule is CC(C)NC(=O)COc1cc(F)c(-c2nc(Cc3ccc4[nH]ncc4c3Cl)n(C)n2)cc1F. The molecule has 8 nitrogen and oxygen atoms in total. The minimum Gasteiger partial charge on any atom is -0.481 e. The highest BCUT2D eigenvalue weighted by Crippen LogP contribution is 2.30. The van der Waals surface area contributed by atoms with Gasteiger partial charge in [-0.1, -0.05) is 17.7 Å². The van der Waals surface area contributed by atoms with Crippen LogP contribution in [0.15, 0.2) is 30.5 Å². The number of aromatic nitrogens is 5. The zero-order chi connectivity index (χ0) is 23.7. The zero-order valence-electron chi connectivity index (χ0n) is 18.1. The molecule has 0 saturated heterocycles. The molecule has 0 aliphatic carbocycles. The number of hydrogen-bond donors (Lipinski definition) is 2. The number of carbonyl (C=O) groups excluding carboxylic acids is 1. The molecular formula is C22H21ClF2N6O2. The van der Waals surface area contributed by atoms with E-state index in [1.165, 1.54) is 4.68 Å². The summed E-state index contributed by atoms with van der Waals surface area (Å²) < 4.78 is 35.9. The summed E-state index contributed by atoms with van der Waals surface area (Å²) in [7, 11) is 1.66. The van der Waals surface area contributed by atoms with Crippen LogP contribution in [0, 0.1) is 11.6 Å². The first-order valence-electron chi connectivity index (χ1n) is 10.1. The Morgan fingerprint density at radius 2 is 2.06 bits per heavy atom. The molecule has 0 aliphatic rings. The Balaban J connectivity index is 1.56. The molecule has 1 amide bonds. The summed E-state index contributed by atoms with van der Waals surface area (Å²) in [6.45, 7) is 3.14. The lowest BCUT2D eigenvalue weighted by Crippen LogP contribution is -2.34. The third kappa shape index (κ3) is 4.80. The smallest absolute Gasteiger partial charge is 0.258 e. The number of aryl methyl sites for hydroxylation is 1. The average molecular weight is 475 g/mol. The fourth-order valence-corrected chi connectivity index (χ4v) is 3.62. The van der Waals surface area contributed by atoms with Crippen molar-refractivity contribution in [1.82, 2.24) is 30.3 Å². The summed E-state index contributed by atoms with van der Waals surface area (Å²) in [5.41, 5.74) is 1.48. The van der Waals surface area contributed by atoms with E-state index in [0.29, 0.717) is 17.3 Å². The quantitative estimate of drug-likeness (QED) is 0.425. The highest BCUT2D eigenvalue weighted by Gasteiger charge is 2.19. The molecule has 0 unspecified atom stereocenters. The van der Waals surface area contributed by atoms with Crippen molar-refractivity contribution >= 4 is 28.4 Å². The molecule has 4 rings (SSSR count). The number of halogens is 3. The van der Waals surface area contributed by atoms with Crippen LogP contribution in [-0.2, 0) is 18.3 Å². The second-order valence-electron chi connectivity index (χ2n) is 7.80. The van der Waals surface area contributed by atoms with Crippen molar-refractivity contribution in [2.75, 3.05) is 6.61 Å². The number of nitrogens with zero attached hydrogens (tertiary/aromatic N) is 4. The Morgan fingerprint density at radius 3 is 2.82 bits per heavy atom. The lowest BCUT2D eigenvalue weighted by atomic mass is 10.1. The second-order valence-corrected chi connectivity index (χ2v) is 8.17. The van der Waals surface area contributed by atoms with Crippen LogP contribution < -0.4 is 10.1 Å². The highest BCUT2D eigenvalue weighted by atomic mass is 35.5. The molecule has 2 heterocycles.